The first-order valence-corrected chi connectivity index (χ1v) is 27.0. The number of esters is 4. The minimum absolute atomic E-state index is 0.00940. The van der Waals surface area contributed by atoms with Gasteiger partial charge in [-0.2, -0.15) is 0 Å². The average Bonchev–Trinajstić information content (AvgIpc) is 3.42. The number of carbonyl (C=O) groups excluding carboxylic acids is 7. The Kier molecular flexibility index (Phi) is 28.7. The molecule has 0 aromatic heterocycles. The Labute approximate surface area is 438 Å². The van der Waals surface area contributed by atoms with Crippen molar-refractivity contribution in [1.82, 2.24) is 21.0 Å². The first kappa shape index (κ1) is 60.8. The molecule has 4 rings (SSSR count). The maximum atomic E-state index is 13.6. The summed E-state index contributed by atoms with van der Waals surface area (Å²) in [4.78, 5) is 102. The molecule has 4 atom stereocenters. The van der Waals surface area contributed by atoms with Crippen molar-refractivity contribution in [3.8, 4) is 0 Å². The zero-order chi connectivity index (χ0) is 53.9. The summed E-state index contributed by atoms with van der Waals surface area (Å²) in [5.41, 5.74) is 8.31. The van der Waals surface area contributed by atoms with Crippen LogP contribution in [0.25, 0.3) is 0 Å². The molecule has 0 aliphatic heterocycles. The molecule has 20 heteroatoms. The second-order valence-electron chi connectivity index (χ2n) is 17.7. The minimum atomic E-state index is -4.78. The molecule has 0 aliphatic rings. The summed E-state index contributed by atoms with van der Waals surface area (Å²) in [5, 5.41) is 10.5. The zero-order valence-corrected chi connectivity index (χ0v) is 43.3. The average molecular weight is 1060 g/mol. The number of nitrogens with one attached hydrogen (secondary N) is 4. The number of benzene rings is 4. The SMILES string of the molecule is NCCCCCC(=O)NCCCCCC(=O)N[C@@H](CCC(=O)N[C@@H](CCCOP(=O)(O)N[C@@H](CCC(=O)OCc1ccccc1)C(=O)OCc1ccccc1)C(=O)OCc1ccccc1)C(=O)OCc1ccccc1. The van der Waals surface area contributed by atoms with Crippen LogP contribution in [0.2, 0.25) is 0 Å². The fraction of sp³-hybridized carbons (Fsp3) is 0.436. The summed E-state index contributed by atoms with van der Waals surface area (Å²) in [7, 11) is -4.78. The van der Waals surface area contributed by atoms with Gasteiger partial charge in [-0.05, 0) is 80.2 Å². The van der Waals surface area contributed by atoms with E-state index in [9.17, 15) is 43.0 Å². The molecular weight excluding hydrogens is 986 g/mol. The quantitative estimate of drug-likeness (QED) is 0.0121. The normalized spacial score (nSPS) is 12.9. The lowest BCUT2D eigenvalue weighted by atomic mass is 10.1. The van der Waals surface area contributed by atoms with Crippen molar-refractivity contribution in [2.24, 2.45) is 5.73 Å². The first-order chi connectivity index (χ1) is 36.3. The molecule has 1 unspecified atom stereocenters. The van der Waals surface area contributed by atoms with Gasteiger partial charge in [-0.1, -0.05) is 134 Å². The number of rotatable bonds is 37. The molecule has 0 radical (unpaired) electrons. The van der Waals surface area contributed by atoms with E-state index >= 15 is 0 Å². The number of hydrogen-bond donors (Lipinski definition) is 6. The maximum Gasteiger partial charge on any atom is 0.403 e. The summed E-state index contributed by atoms with van der Waals surface area (Å²) >= 11 is 0. The number of nitrogens with two attached hydrogens (primary N) is 1. The van der Waals surface area contributed by atoms with Gasteiger partial charge >= 0.3 is 31.6 Å². The first-order valence-electron chi connectivity index (χ1n) is 25.4. The zero-order valence-electron chi connectivity index (χ0n) is 42.4. The van der Waals surface area contributed by atoms with Crippen molar-refractivity contribution in [3.05, 3.63) is 144 Å². The predicted molar refractivity (Wildman–Crippen MR) is 278 cm³/mol. The van der Waals surface area contributed by atoms with Crippen LogP contribution in [0, 0.1) is 0 Å². The van der Waals surface area contributed by atoms with Gasteiger partial charge in [0, 0.05) is 32.2 Å². The highest BCUT2D eigenvalue weighted by molar-refractivity contribution is 7.50. The molecule has 0 heterocycles. The number of carbonyl (C=O) groups is 7. The Balaban J connectivity index is 1.34. The van der Waals surface area contributed by atoms with Gasteiger partial charge in [-0.15, -0.1) is 0 Å². The molecule has 0 bridgehead atoms. The molecule has 7 N–H and O–H groups in total. The van der Waals surface area contributed by atoms with Gasteiger partial charge in [0.1, 0.15) is 44.6 Å². The molecule has 0 spiro atoms. The van der Waals surface area contributed by atoms with Gasteiger partial charge in [0.25, 0.3) is 0 Å². The summed E-state index contributed by atoms with van der Waals surface area (Å²) in [5.74, 6) is -4.27. The van der Waals surface area contributed by atoms with Crippen LogP contribution in [0.4, 0.5) is 0 Å². The van der Waals surface area contributed by atoms with Crippen LogP contribution in [0.1, 0.15) is 112 Å². The summed E-state index contributed by atoms with van der Waals surface area (Å²) in [6.45, 7) is 0.282. The molecule has 406 valence electrons. The van der Waals surface area contributed by atoms with Crippen molar-refractivity contribution >= 4 is 49.3 Å². The van der Waals surface area contributed by atoms with Gasteiger partial charge in [0.15, 0.2) is 0 Å². The Morgan fingerprint density at radius 1 is 0.467 bits per heavy atom. The monoisotopic (exact) mass is 1060 g/mol. The van der Waals surface area contributed by atoms with Crippen LogP contribution in [0.15, 0.2) is 121 Å². The van der Waals surface area contributed by atoms with Crippen LogP contribution in [-0.4, -0.2) is 84.3 Å². The Morgan fingerprint density at radius 2 is 0.880 bits per heavy atom. The van der Waals surface area contributed by atoms with Gasteiger partial charge in [-0.25, -0.2) is 19.2 Å². The fourth-order valence-corrected chi connectivity index (χ4v) is 8.40. The van der Waals surface area contributed by atoms with E-state index in [4.69, 9.17) is 29.2 Å². The van der Waals surface area contributed by atoms with Crippen molar-refractivity contribution in [3.63, 3.8) is 0 Å². The van der Waals surface area contributed by atoms with Crippen LogP contribution < -0.4 is 26.8 Å². The van der Waals surface area contributed by atoms with Gasteiger partial charge < -0.3 is 45.5 Å². The van der Waals surface area contributed by atoms with Crippen LogP contribution >= 0.6 is 7.75 Å². The van der Waals surface area contributed by atoms with Crippen molar-refractivity contribution in [2.75, 3.05) is 19.7 Å². The van der Waals surface area contributed by atoms with Gasteiger partial charge in [-0.3, -0.25) is 28.5 Å². The second-order valence-corrected chi connectivity index (χ2v) is 19.2. The molecule has 75 heavy (non-hydrogen) atoms. The number of hydrogen-bond acceptors (Lipinski definition) is 14. The molecule has 4 aromatic carbocycles. The Bertz CT molecular complexity index is 2380. The third kappa shape index (κ3) is 26.9. The second kappa shape index (κ2) is 35.4. The highest BCUT2D eigenvalue weighted by Crippen LogP contribution is 2.38. The number of amides is 3. The molecule has 0 aliphatic carbocycles. The van der Waals surface area contributed by atoms with Crippen LogP contribution in [0.3, 0.4) is 0 Å². The minimum Gasteiger partial charge on any atom is -0.461 e. The summed E-state index contributed by atoms with van der Waals surface area (Å²) < 4.78 is 40.6. The van der Waals surface area contributed by atoms with E-state index in [1.165, 1.54) is 0 Å². The Morgan fingerprint density at radius 3 is 1.37 bits per heavy atom. The molecule has 0 fully saturated rings. The third-order valence-electron chi connectivity index (χ3n) is 11.5. The number of ether oxygens (including phenoxy) is 4. The fourth-order valence-electron chi connectivity index (χ4n) is 7.32. The van der Waals surface area contributed by atoms with E-state index in [2.05, 4.69) is 21.0 Å². The maximum absolute atomic E-state index is 13.6. The van der Waals surface area contributed by atoms with Crippen molar-refractivity contribution in [2.45, 2.75) is 134 Å². The van der Waals surface area contributed by atoms with Crippen LogP contribution in [0.5, 0.6) is 0 Å². The highest BCUT2D eigenvalue weighted by Gasteiger charge is 2.32. The number of unbranched alkanes of at least 4 members (excludes halogenated alkanes) is 4. The molecule has 4 aromatic rings. The van der Waals surface area contributed by atoms with Crippen molar-refractivity contribution in [1.29, 1.82) is 0 Å². The van der Waals surface area contributed by atoms with Gasteiger partial charge in [0.05, 0.1) is 6.61 Å². The lowest BCUT2D eigenvalue weighted by Gasteiger charge is -2.22. The van der Waals surface area contributed by atoms with Crippen LogP contribution in [-0.2, 0) is 88.0 Å². The smallest absolute Gasteiger partial charge is 0.403 e. The Hall–Kier alpha value is -6.76. The van der Waals surface area contributed by atoms with E-state index in [0.29, 0.717) is 55.5 Å². The molecule has 3 amide bonds. The molecule has 19 nitrogen and oxygen atoms in total. The topological polar surface area (TPSA) is 277 Å². The standard InChI is InChI=1S/C55H72N5O14P/c56-35-17-5-15-29-49(61)57-36-18-6-16-30-50(62)59-47(54(66)72-40-44-24-11-3-12-25-44)31-33-51(63)58-46(53(65)71-39-43-22-9-2-10-23-43)28-19-37-74-75(68,69)60-48(55(67)73-41-45-26-13-4-14-27-45)32-34-52(64)70-38-42-20-7-1-8-21-42/h1-4,7-14,20-27,46-48H,5-6,15-19,28-41,56H2,(H,57,61)(H,58,63)(H,59,62)(H2,60,68,69)/t46-,47-,48-/m0/s1. The highest BCUT2D eigenvalue weighted by atomic mass is 31.2. The molecule has 0 saturated carbocycles. The third-order valence-corrected chi connectivity index (χ3v) is 12.6. The lowest BCUT2D eigenvalue weighted by molar-refractivity contribution is -0.150. The van der Waals surface area contributed by atoms with E-state index in [0.717, 1.165) is 24.8 Å². The molecule has 0 saturated heterocycles. The van der Waals surface area contributed by atoms with Gasteiger partial charge in [0.2, 0.25) is 17.7 Å². The van der Waals surface area contributed by atoms with E-state index in [-0.39, 0.29) is 77.3 Å². The molecular formula is C55H72N5O14P. The van der Waals surface area contributed by atoms with E-state index in [1.54, 1.807) is 109 Å². The predicted octanol–water partition coefficient (Wildman–Crippen LogP) is 6.54. The summed E-state index contributed by atoms with van der Waals surface area (Å²) in [6, 6.07) is 31.5. The lowest BCUT2D eigenvalue weighted by Crippen LogP contribution is -2.45. The van der Waals surface area contributed by atoms with Crippen molar-refractivity contribution < 1.29 is 66.5 Å². The summed E-state index contributed by atoms with van der Waals surface area (Å²) in [6.07, 6.45) is 3.54. The van der Waals surface area contributed by atoms with E-state index < -0.39 is 68.2 Å². The van der Waals surface area contributed by atoms with E-state index in [1.807, 2.05) is 12.1 Å². The largest absolute Gasteiger partial charge is 0.461 e.